The number of piperidine rings is 1. The highest BCUT2D eigenvalue weighted by atomic mass is 19.4. The lowest BCUT2D eigenvalue weighted by Gasteiger charge is -2.43. The summed E-state index contributed by atoms with van der Waals surface area (Å²) in [4.78, 5) is 28.6. The van der Waals surface area contributed by atoms with Crippen molar-refractivity contribution in [1.29, 1.82) is 0 Å². The first kappa shape index (κ1) is 29.0. The molecule has 1 aliphatic carbocycles. The van der Waals surface area contributed by atoms with Gasteiger partial charge in [-0.1, -0.05) is 24.4 Å². The summed E-state index contributed by atoms with van der Waals surface area (Å²) < 4.78 is 71.7. The van der Waals surface area contributed by atoms with E-state index >= 15 is 0 Å². The molecule has 1 saturated carbocycles. The lowest BCUT2D eigenvalue weighted by molar-refractivity contribution is -0.151. The molecule has 7 nitrogen and oxygen atoms in total. The van der Waals surface area contributed by atoms with Crippen molar-refractivity contribution in [2.75, 3.05) is 13.1 Å². The van der Waals surface area contributed by atoms with Crippen LogP contribution in [-0.2, 0) is 4.79 Å². The number of hydrogen-bond donors (Lipinski definition) is 2. The number of likely N-dealkylation sites (tertiary alicyclic amines) is 1. The van der Waals surface area contributed by atoms with Crippen LogP contribution in [0.25, 0.3) is 11.3 Å². The Morgan fingerprint density at radius 3 is 2.46 bits per heavy atom. The highest BCUT2D eigenvalue weighted by Gasteiger charge is 2.42. The third-order valence-electron chi connectivity index (χ3n) is 7.43. The van der Waals surface area contributed by atoms with Gasteiger partial charge in [0.2, 0.25) is 5.91 Å². The summed E-state index contributed by atoms with van der Waals surface area (Å²) >= 11 is 0. The fraction of sp³-hybridized carbons (Fsp3) is 0.593. The smallest absolute Gasteiger partial charge is 0.355 e. The summed E-state index contributed by atoms with van der Waals surface area (Å²) in [6.45, 7) is 3.56. The second kappa shape index (κ2) is 11.6. The predicted molar refractivity (Wildman–Crippen MR) is 133 cm³/mol. The zero-order valence-corrected chi connectivity index (χ0v) is 21.9. The minimum absolute atomic E-state index is 0.0760. The molecular weight excluding hydrogens is 523 g/mol. The lowest BCUT2D eigenvalue weighted by Crippen LogP contribution is -2.60. The van der Waals surface area contributed by atoms with Crippen LogP contribution in [0.1, 0.15) is 69.3 Å². The number of carbonyl (C=O) groups excluding carboxylic acids is 2. The fourth-order valence-electron chi connectivity index (χ4n) is 5.61. The van der Waals surface area contributed by atoms with Crippen LogP contribution in [0.4, 0.5) is 22.0 Å². The van der Waals surface area contributed by atoms with E-state index in [1.54, 1.807) is 0 Å². The van der Waals surface area contributed by atoms with E-state index in [1.165, 1.54) is 19.9 Å². The van der Waals surface area contributed by atoms with Gasteiger partial charge in [0, 0.05) is 42.8 Å². The Labute approximate surface area is 223 Å². The third kappa shape index (κ3) is 7.55. The van der Waals surface area contributed by atoms with Gasteiger partial charge in [-0.3, -0.25) is 14.5 Å². The molecule has 4 rings (SSSR count). The van der Waals surface area contributed by atoms with Crippen LogP contribution >= 0.6 is 0 Å². The summed E-state index contributed by atoms with van der Waals surface area (Å²) in [5.74, 6) is -3.76. The topological polar surface area (TPSA) is 87.5 Å². The van der Waals surface area contributed by atoms with Crippen molar-refractivity contribution >= 4 is 11.8 Å². The molecule has 0 spiro atoms. The molecule has 1 aromatic heterocycles. The largest absolute Gasteiger partial charge is 0.391 e. The zero-order chi connectivity index (χ0) is 28.4. The number of alkyl halides is 3. The van der Waals surface area contributed by atoms with Gasteiger partial charge >= 0.3 is 6.18 Å². The standard InChI is InChI=1S/C27H33F5N4O3/c1-26(2,15-27(30,31)32)34-24(37)19-14-36(17-6-4-3-5-7-17)11-10-21(19)33-25(38)22-13-23(39-35-22)18-9-8-16(28)12-20(18)29/h8-9,12-13,17,19,21H,3-7,10-11,14-15H2,1-2H3,(H,33,38)(H,34,37)/t19-,21-/m1/s1. The Hall–Kier alpha value is -3.02. The Balaban J connectivity index is 1.50. The van der Waals surface area contributed by atoms with E-state index in [-0.39, 0.29) is 23.1 Å². The Bertz CT molecular complexity index is 1180. The second-order valence-corrected chi connectivity index (χ2v) is 11.1. The number of rotatable bonds is 7. The van der Waals surface area contributed by atoms with Crippen LogP contribution in [0.15, 0.2) is 28.8 Å². The highest BCUT2D eigenvalue weighted by molar-refractivity contribution is 5.94. The molecule has 2 aliphatic rings. The number of nitrogens with one attached hydrogen (secondary N) is 2. The number of halogens is 5. The van der Waals surface area contributed by atoms with Crippen molar-refractivity contribution in [1.82, 2.24) is 20.7 Å². The van der Waals surface area contributed by atoms with Crippen molar-refractivity contribution < 1.29 is 36.1 Å². The molecule has 12 heteroatoms. The molecule has 2 N–H and O–H groups in total. The zero-order valence-electron chi connectivity index (χ0n) is 21.9. The number of benzene rings is 1. The normalized spacial score (nSPS) is 21.5. The summed E-state index contributed by atoms with van der Waals surface area (Å²) in [7, 11) is 0. The van der Waals surface area contributed by atoms with Gasteiger partial charge in [0.15, 0.2) is 11.5 Å². The molecule has 0 bridgehead atoms. The van der Waals surface area contributed by atoms with Crippen molar-refractivity contribution in [3.8, 4) is 11.3 Å². The number of carbonyl (C=O) groups is 2. The van der Waals surface area contributed by atoms with Gasteiger partial charge in [-0.15, -0.1) is 0 Å². The van der Waals surface area contributed by atoms with Gasteiger partial charge in [-0.05, 0) is 45.2 Å². The molecule has 1 saturated heterocycles. The first-order valence-corrected chi connectivity index (χ1v) is 13.2. The van der Waals surface area contributed by atoms with E-state index in [4.69, 9.17) is 4.52 Å². The minimum Gasteiger partial charge on any atom is -0.355 e. The molecule has 1 aromatic carbocycles. The summed E-state index contributed by atoms with van der Waals surface area (Å²) in [6, 6.07) is 3.73. The third-order valence-corrected chi connectivity index (χ3v) is 7.43. The van der Waals surface area contributed by atoms with Crippen molar-refractivity contribution in [3.05, 3.63) is 41.6 Å². The first-order chi connectivity index (χ1) is 18.3. The number of aromatic nitrogens is 1. The molecule has 0 radical (unpaired) electrons. The highest BCUT2D eigenvalue weighted by Crippen LogP contribution is 2.31. The van der Waals surface area contributed by atoms with Crippen LogP contribution in [0.2, 0.25) is 0 Å². The molecular formula is C27H33F5N4O3. The van der Waals surface area contributed by atoms with Crippen molar-refractivity contribution in [2.45, 2.75) is 82.6 Å². The molecule has 0 unspecified atom stereocenters. The lowest BCUT2D eigenvalue weighted by atomic mass is 9.86. The summed E-state index contributed by atoms with van der Waals surface area (Å²) in [5.41, 5.74) is -1.77. The van der Waals surface area contributed by atoms with Gasteiger partial charge in [-0.2, -0.15) is 13.2 Å². The van der Waals surface area contributed by atoms with Crippen LogP contribution in [-0.4, -0.2) is 58.8 Å². The average molecular weight is 557 g/mol. The van der Waals surface area contributed by atoms with Crippen LogP contribution in [0.5, 0.6) is 0 Å². The van der Waals surface area contributed by atoms with Gasteiger partial charge in [0.1, 0.15) is 11.6 Å². The maximum Gasteiger partial charge on any atom is 0.391 e. The van der Waals surface area contributed by atoms with Gasteiger partial charge in [-0.25, -0.2) is 8.78 Å². The Kier molecular flexibility index (Phi) is 8.63. The monoisotopic (exact) mass is 556 g/mol. The van der Waals surface area contributed by atoms with E-state index in [2.05, 4.69) is 20.7 Å². The molecule has 39 heavy (non-hydrogen) atoms. The maximum atomic E-state index is 14.1. The molecule has 2 fully saturated rings. The van der Waals surface area contributed by atoms with E-state index in [9.17, 15) is 31.5 Å². The van der Waals surface area contributed by atoms with Crippen LogP contribution < -0.4 is 10.6 Å². The molecule has 1 aliphatic heterocycles. The average Bonchev–Trinajstić information content (AvgIpc) is 3.33. The Morgan fingerprint density at radius 1 is 1.08 bits per heavy atom. The molecule has 2 amide bonds. The second-order valence-electron chi connectivity index (χ2n) is 11.1. The van der Waals surface area contributed by atoms with Crippen LogP contribution in [0, 0.1) is 17.6 Å². The Morgan fingerprint density at radius 2 is 1.79 bits per heavy atom. The molecule has 2 atom stereocenters. The van der Waals surface area contributed by atoms with Crippen molar-refractivity contribution in [3.63, 3.8) is 0 Å². The number of nitrogens with zero attached hydrogens (tertiary/aromatic N) is 2. The van der Waals surface area contributed by atoms with E-state index < -0.39 is 53.5 Å². The first-order valence-electron chi connectivity index (χ1n) is 13.2. The van der Waals surface area contributed by atoms with E-state index in [1.807, 2.05) is 0 Å². The summed E-state index contributed by atoms with van der Waals surface area (Å²) in [5, 5.41) is 9.03. The van der Waals surface area contributed by atoms with Gasteiger partial charge < -0.3 is 15.2 Å². The molecule has 214 valence electrons. The van der Waals surface area contributed by atoms with E-state index in [0.717, 1.165) is 44.2 Å². The fourth-order valence-corrected chi connectivity index (χ4v) is 5.61. The molecule has 2 aromatic rings. The van der Waals surface area contributed by atoms with Gasteiger partial charge in [0.25, 0.3) is 5.91 Å². The van der Waals surface area contributed by atoms with Gasteiger partial charge in [0.05, 0.1) is 17.9 Å². The van der Waals surface area contributed by atoms with Crippen molar-refractivity contribution in [2.24, 2.45) is 5.92 Å². The van der Waals surface area contributed by atoms with Crippen LogP contribution in [0.3, 0.4) is 0 Å². The number of hydrogen-bond acceptors (Lipinski definition) is 5. The molecule has 2 heterocycles. The maximum absolute atomic E-state index is 14.1. The quantitative estimate of drug-likeness (QED) is 0.457. The predicted octanol–water partition coefficient (Wildman–Crippen LogP) is 5.22. The SMILES string of the molecule is CC(C)(CC(F)(F)F)NC(=O)[C@@H]1CN(C2CCCCC2)CC[C@H]1NC(=O)c1cc(-c2ccc(F)cc2F)on1. The number of amides is 2. The van der Waals surface area contributed by atoms with E-state index in [0.29, 0.717) is 25.6 Å². The summed E-state index contributed by atoms with van der Waals surface area (Å²) in [6.07, 6.45) is 0.0692. The minimum atomic E-state index is -4.46.